The van der Waals surface area contributed by atoms with Crippen LogP contribution >= 0.6 is 0 Å². The zero-order chi connectivity index (χ0) is 16.2. The van der Waals surface area contributed by atoms with Gasteiger partial charge < -0.3 is 9.97 Å². The predicted molar refractivity (Wildman–Crippen MR) is 89.2 cm³/mol. The van der Waals surface area contributed by atoms with Crippen molar-refractivity contribution in [2.45, 2.75) is 0 Å². The van der Waals surface area contributed by atoms with Crippen molar-refractivity contribution in [1.29, 1.82) is 0 Å². The number of H-pyrrole nitrogens is 2. The van der Waals surface area contributed by atoms with Crippen molar-refractivity contribution < 1.29 is 4.92 Å². The Hall–Kier alpha value is -3.48. The van der Waals surface area contributed by atoms with Gasteiger partial charge in [-0.05, 0) is 36.4 Å². The topological polar surface area (TPSA) is 104 Å². The van der Waals surface area contributed by atoms with E-state index in [9.17, 15) is 14.9 Å². The molecule has 3 aromatic rings. The summed E-state index contributed by atoms with van der Waals surface area (Å²) >= 11 is 0. The third-order valence-electron chi connectivity index (χ3n) is 3.22. The van der Waals surface area contributed by atoms with Crippen LogP contribution in [-0.4, -0.2) is 21.1 Å². The first-order chi connectivity index (χ1) is 11.1. The summed E-state index contributed by atoms with van der Waals surface area (Å²) in [4.78, 5) is 31.2. The van der Waals surface area contributed by atoms with Crippen LogP contribution in [0.1, 0.15) is 5.56 Å². The highest BCUT2D eigenvalue weighted by atomic mass is 16.6. The lowest BCUT2D eigenvalue weighted by atomic mass is 10.1. The van der Waals surface area contributed by atoms with E-state index in [-0.39, 0.29) is 11.4 Å². The largest absolute Gasteiger partial charge is 0.323 e. The number of imidazole rings is 1. The average molecular weight is 308 g/mol. The van der Waals surface area contributed by atoms with Crippen LogP contribution < -0.4 is 5.69 Å². The van der Waals surface area contributed by atoms with Gasteiger partial charge in [0.15, 0.2) is 0 Å². The number of allylic oxidation sites excluding steroid dienone is 1. The van der Waals surface area contributed by atoms with Gasteiger partial charge in [0.1, 0.15) is 0 Å². The van der Waals surface area contributed by atoms with Crippen LogP contribution in [-0.2, 0) is 0 Å². The Morgan fingerprint density at radius 2 is 1.87 bits per heavy atom. The molecule has 3 rings (SSSR count). The summed E-state index contributed by atoms with van der Waals surface area (Å²) < 4.78 is 0. The van der Waals surface area contributed by atoms with Gasteiger partial charge in [-0.1, -0.05) is 12.1 Å². The van der Waals surface area contributed by atoms with E-state index in [1.807, 2.05) is 0 Å². The number of nitrogens with zero attached hydrogens (tertiary/aromatic N) is 2. The molecule has 23 heavy (non-hydrogen) atoms. The van der Waals surface area contributed by atoms with Gasteiger partial charge in [-0.3, -0.25) is 15.1 Å². The Morgan fingerprint density at radius 3 is 2.70 bits per heavy atom. The van der Waals surface area contributed by atoms with Crippen LogP contribution in [0.2, 0.25) is 0 Å². The molecule has 0 radical (unpaired) electrons. The minimum absolute atomic E-state index is 0.0449. The van der Waals surface area contributed by atoms with Gasteiger partial charge in [-0.25, -0.2) is 4.79 Å². The minimum Gasteiger partial charge on any atom is -0.306 e. The van der Waals surface area contributed by atoms with E-state index in [1.54, 1.807) is 54.8 Å². The highest BCUT2D eigenvalue weighted by molar-refractivity contribution is 5.84. The summed E-state index contributed by atoms with van der Waals surface area (Å²) in [5, 5.41) is 10.9. The van der Waals surface area contributed by atoms with Gasteiger partial charge in [0.25, 0.3) is 5.69 Å². The molecule has 0 saturated carbocycles. The lowest BCUT2D eigenvalue weighted by Crippen LogP contribution is -1.99. The minimum atomic E-state index is -0.424. The standard InChI is InChI=1S/C16H12N4O3/c21-16-18-13-8-7-12(10-14(13)19-16)17-9-3-5-11-4-1-2-6-15(11)20(22)23/h1-10H,(H2,18,19,21)/b5-3+,17-9?. The van der Waals surface area contributed by atoms with Gasteiger partial charge in [-0.2, -0.15) is 0 Å². The number of aliphatic imine (C=N–C) groups is 1. The summed E-state index contributed by atoms with van der Waals surface area (Å²) in [6, 6.07) is 11.7. The van der Waals surface area contributed by atoms with Gasteiger partial charge in [0, 0.05) is 12.3 Å². The number of hydrogen-bond donors (Lipinski definition) is 2. The van der Waals surface area contributed by atoms with E-state index in [1.165, 1.54) is 6.07 Å². The summed E-state index contributed by atoms with van der Waals surface area (Å²) in [6.07, 6.45) is 4.80. The molecule has 7 nitrogen and oxygen atoms in total. The second-order valence-electron chi connectivity index (χ2n) is 4.76. The van der Waals surface area contributed by atoms with Crippen LogP contribution in [0.3, 0.4) is 0 Å². The third kappa shape index (κ3) is 3.24. The Balaban J connectivity index is 1.80. The molecule has 0 atom stereocenters. The number of nitro groups is 1. The molecule has 0 aliphatic carbocycles. The zero-order valence-corrected chi connectivity index (χ0v) is 11.9. The number of benzene rings is 2. The molecule has 1 heterocycles. The molecule has 1 aromatic heterocycles. The lowest BCUT2D eigenvalue weighted by Gasteiger charge is -1.95. The zero-order valence-electron chi connectivity index (χ0n) is 11.9. The molecule has 2 aromatic carbocycles. The molecular weight excluding hydrogens is 296 g/mol. The molecule has 0 saturated heterocycles. The Kier molecular flexibility index (Phi) is 3.84. The van der Waals surface area contributed by atoms with E-state index in [0.717, 1.165) is 0 Å². The highest BCUT2D eigenvalue weighted by Gasteiger charge is 2.08. The van der Waals surface area contributed by atoms with E-state index >= 15 is 0 Å². The van der Waals surface area contributed by atoms with Crippen LogP contribution in [0.5, 0.6) is 0 Å². The van der Waals surface area contributed by atoms with Crippen molar-refractivity contribution in [2.24, 2.45) is 4.99 Å². The van der Waals surface area contributed by atoms with E-state index in [0.29, 0.717) is 22.3 Å². The molecule has 0 amide bonds. The summed E-state index contributed by atoms with van der Waals surface area (Å²) in [5.74, 6) is 0. The van der Waals surface area contributed by atoms with Crippen LogP contribution in [0, 0.1) is 10.1 Å². The number of nitro benzene ring substituents is 1. The van der Waals surface area contributed by atoms with Crippen molar-refractivity contribution in [1.82, 2.24) is 9.97 Å². The van der Waals surface area contributed by atoms with E-state index < -0.39 is 4.92 Å². The summed E-state index contributed by atoms with van der Waals surface area (Å²) in [5.41, 5.74) is 2.34. The maximum Gasteiger partial charge on any atom is 0.323 e. The monoisotopic (exact) mass is 308 g/mol. The second kappa shape index (κ2) is 6.10. The van der Waals surface area contributed by atoms with E-state index in [2.05, 4.69) is 15.0 Å². The van der Waals surface area contributed by atoms with Gasteiger partial charge in [0.05, 0.1) is 27.2 Å². The van der Waals surface area contributed by atoms with Crippen molar-refractivity contribution in [3.8, 4) is 0 Å². The molecule has 114 valence electrons. The molecule has 0 fully saturated rings. The van der Waals surface area contributed by atoms with Crippen LogP contribution in [0.15, 0.2) is 58.3 Å². The third-order valence-corrected chi connectivity index (χ3v) is 3.22. The fraction of sp³-hybridized carbons (Fsp3) is 0. The number of aromatic nitrogens is 2. The van der Waals surface area contributed by atoms with E-state index in [4.69, 9.17) is 0 Å². The molecule has 2 N–H and O–H groups in total. The smallest absolute Gasteiger partial charge is 0.306 e. The number of nitrogens with one attached hydrogen (secondary N) is 2. The predicted octanol–water partition coefficient (Wildman–Crippen LogP) is 3.18. The molecular formula is C16H12N4O3. The Labute approximate surface area is 130 Å². The second-order valence-corrected chi connectivity index (χ2v) is 4.76. The van der Waals surface area contributed by atoms with Crippen LogP contribution in [0.4, 0.5) is 11.4 Å². The Bertz CT molecular complexity index is 982. The first kappa shape index (κ1) is 14.5. The molecule has 0 bridgehead atoms. The number of aromatic amines is 2. The maximum absolute atomic E-state index is 11.2. The summed E-state index contributed by atoms with van der Waals surface area (Å²) in [6.45, 7) is 0. The SMILES string of the molecule is O=c1[nH]c2ccc(N=C/C=C/c3ccccc3[N+](=O)[O-])cc2[nH]1. The van der Waals surface area contributed by atoms with Crippen molar-refractivity contribution in [3.05, 3.63) is 74.7 Å². The quantitative estimate of drug-likeness (QED) is 0.439. The fourth-order valence-corrected chi connectivity index (χ4v) is 2.17. The Morgan fingerprint density at radius 1 is 1.09 bits per heavy atom. The van der Waals surface area contributed by atoms with Gasteiger partial charge in [0.2, 0.25) is 0 Å². The molecule has 0 aliphatic rings. The van der Waals surface area contributed by atoms with Crippen LogP contribution in [0.25, 0.3) is 17.1 Å². The molecule has 7 heteroatoms. The molecule has 0 unspecified atom stereocenters. The lowest BCUT2D eigenvalue weighted by molar-refractivity contribution is -0.385. The molecule has 0 aliphatic heterocycles. The maximum atomic E-state index is 11.2. The number of rotatable bonds is 4. The first-order valence-electron chi connectivity index (χ1n) is 6.80. The normalized spacial score (nSPS) is 11.7. The highest BCUT2D eigenvalue weighted by Crippen LogP contribution is 2.19. The summed E-state index contributed by atoms with van der Waals surface area (Å²) in [7, 11) is 0. The van der Waals surface area contributed by atoms with Crippen molar-refractivity contribution >= 4 is 34.7 Å². The fourth-order valence-electron chi connectivity index (χ4n) is 2.17. The molecule has 0 spiro atoms. The van der Waals surface area contributed by atoms with Crippen molar-refractivity contribution in [3.63, 3.8) is 0 Å². The average Bonchev–Trinajstić information content (AvgIpc) is 2.91. The van der Waals surface area contributed by atoms with Gasteiger partial charge in [-0.15, -0.1) is 0 Å². The number of para-hydroxylation sites is 1. The number of fused-ring (bicyclic) bond motifs is 1. The number of hydrogen-bond acceptors (Lipinski definition) is 4. The first-order valence-corrected chi connectivity index (χ1v) is 6.80. The van der Waals surface area contributed by atoms with Crippen molar-refractivity contribution in [2.75, 3.05) is 0 Å². The van der Waals surface area contributed by atoms with Gasteiger partial charge >= 0.3 is 5.69 Å².